The molecule has 4 nitrogen and oxygen atoms in total. The van der Waals surface area contributed by atoms with E-state index in [1.54, 1.807) is 0 Å². The van der Waals surface area contributed by atoms with Crippen molar-refractivity contribution in [2.45, 2.75) is 32.1 Å². The molecule has 0 radical (unpaired) electrons. The number of anilines is 1. The third kappa shape index (κ3) is 3.39. The van der Waals surface area contributed by atoms with E-state index in [4.69, 9.17) is 10.7 Å². The Bertz CT molecular complexity index is 603. The number of nitrogens with one attached hydrogen (secondary N) is 1. The Labute approximate surface area is 125 Å². The molecule has 3 rings (SSSR count). The summed E-state index contributed by atoms with van der Waals surface area (Å²) in [6, 6.07) is 8.37. The van der Waals surface area contributed by atoms with E-state index in [0.29, 0.717) is 12.5 Å². The number of nitrogens with two attached hydrogens (primary N) is 1. The van der Waals surface area contributed by atoms with Crippen LogP contribution in [0.4, 0.5) is 5.69 Å². The van der Waals surface area contributed by atoms with Crippen molar-refractivity contribution in [3.8, 4) is 11.4 Å². The number of rotatable bonds is 6. The zero-order chi connectivity index (χ0) is 14.7. The second-order valence-electron chi connectivity index (χ2n) is 5.70. The van der Waals surface area contributed by atoms with Crippen molar-refractivity contribution in [2.75, 3.05) is 18.4 Å². The molecule has 0 spiro atoms. The summed E-state index contributed by atoms with van der Waals surface area (Å²) in [5.74, 6) is 1.42. The second kappa shape index (κ2) is 6.22. The summed E-state index contributed by atoms with van der Waals surface area (Å²) >= 11 is 0. The molecule has 1 fully saturated rings. The Morgan fingerprint density at radius 1 is 1.24 bits per heavy atom. The van der Waals surface area contributed by atoms with Gasteiger partial charge in [0.05, 0.1) is 17.6 Å². The van der Waals surface area contributed by atoms with Gasteiger partial charge in [-0.25, -0.2) is 9.97 Å². The molecule has 2 aromatic rings. The van der Waals surface area contributed by atoms with Crippen LogP contribution < -0.4 is 11.1 Å². The van der Waals surface area contributed by atoms with Crippen molar-refractivity contribution >= 4 is 5.69 Å². The van der Waals surface area contributed by atoms with E-state index in [1.165, 1.54) is 18.4 Å². The normalized spacial score (nSPS) is 14.2. The molecule has 1 aliphatic rings. The molecular formula is C17H22N4. The minimum Gasteiger partial charge on any atom is -0.382 e. The van der Waals surface area contributed by atoms with Gasteiger partial charge in [-0.05, 0) is 32.7 Å². The lowest BCUT2D eigenvalue weighted by molar-refractivity contribution is 0.866. The maximum absolute atomic E-state index is 5.54. The number of nitrogens with zero attached hydrogens (tertiary/aromatic N) is 2. The standard InChI is InChI=1S/C17H22N4/c1-12-3-5-14(6-4-12)17-20-11-15(19-10-2-9-18)16(21-17)13-7-8-13/h3-6,11,13,19H,2,7-10,18H2,1H3. The first-order valence-corrected chi connectivity index (χ1v) is 7.66. The van der Waals surface area contributed by atoms with Crippen LogP contribution >= 0.6 is 0 Å². The maximum atomic E-state index is 5.54. The van der Waals surface area contributed by atoms with Gasteiger partial charge in [-0.1, -0.05) is 29.8 Å². The highest BCUT2D eigenvalue weighted by Crippen LogP contribution is 2.42. The van der Waals surface area contributed by atoms with Crippen LogP contribution in [-0.4, -0.2) is 23.1 Å². The molecule has 1 aromatic heterocycles. The average molecular weight is 282 g/mol. The summed E-state index contributed by atoms with van der Waals surface area (Å²) in [6.07, 6.45) is 5.35. The van der Waals surface area contributed by atoms with Crippen molar-refractivity contribution < 1.29 is 0 Å². The molecule has 0 atom stereocenters. The van der Waals surface area contributed by atoms with Crippen molar-refractivity contribution in [3.05, 3.63) is 41.7 Å². The number of benzene rings is 1. The zero-order valence-electron chi connectivity index (χ0n) is 12.5. The lowest BCUT2D eigenvalue weighted by atomic mass is 10.1. The Morgan fingerprint density at radius 3 is 2.67 bits per heavy atom. The Morgan fingerprint density at radius 2 is 2.00 bits per heavy atom. The molecular weight excluding hydrogens is 260 g/mol. The largest absolute Gasteiger partial charge is 0.382 e. The average Bonchev–Trinajstić information content (AvgIpc) is 3.33. The van der Waals surface area contributed by atoms with Gasteiger partial charge in [-0.2, -0.15) is 0 Å². The Kier molecular flexibility index (Phi) is 4.15. The number of hydrogen-bond acceptors (Lipinski definition) is 4. The van der Waals surface area contributed by atoms with Gasteiger partial charge in [-0.15, -0.1) is 0 Å². The predicted octanol–water partition coefficient (Wildman–Crippen LogP) is 3.09. The van der Waals surface area contributed by atoms with Crippen LogP contribution in [-0.2, 0) is 0 Å². The topological polar surface area (TPSA) is 63.8 Å². The van der Waals surface area contributed by atoms with E-state index >= 15 is 0 Å². The highest BCUT2D eigenvalue weighted by atomic mass is 15.0. The van der Waals surface area contributed by atoms with Gasteiger partial charge in [-0.3, -0.25) is 0 Å². The fourth-order valence-electron chi connectivity index (χ4n) is 2.37. The van der Waals surface area contributed by atoms with Crippen LogP contribution in [0.15, 0.2) is 30.5 Å². The summed E-state index contributed by atoms with van der Waals surface area (Å²) in [5, 5.41) is 3.42. The summed E-state index contributed by atoms with van der Waals surface area (Å²) in [6.45, 7) is 3.67. The summed E-state index contributed by atoms with van der Waals surface area (Å²) in [5.41, 5.74) is 10.1. The third-order valence-corrected chi connectivity index (χ3v) is 3.79. The van der Waals surface area contributed by atoms with Crippen molar-refractivity contribution in [2.24, 2.45) is 5.73 Å². The quantitative estimate of drug-likeness (QED) is 0.799. The number of hydrogen-bond donors (Lipinski definition) is 2. The predicted molar refractivity (Wildman–Crippen MR) is 86.3 cm³/mol. The highest BCUT2D eigenvalue weighted by Gasteiger charge is 2.28. The third-order valence-electron chi connectivity index (χ3n) is 3.79. The van der Waals surface area contributed by atoms with Gasteiger partial charge in [0.25, 0.3) is 0 Å². The summed E-state index contributed by atoms with van der Waals surface area (Å²) in [4.78, 5) is 9.33. The molecule has 1 saturated carbocycles. The molecule has 0 aliphatic heterocycles. The van der Waals surface area contributed by atoms with Gasteiger partial charge >= 0.3 is 0 Å². The maximum Gasteiger partial charge on any atom is 0.159 e. The lowest BCUT2D eigenvalue weighted by Gasteiger charge is -2.11. The van der Waals surface area contributed by atoms with Crippen LogP contribution in [0.1, 0.15) is 36.4 Å². The van der Waals surface area contributed by atoms with Crippen LogP contribution in [0, 0.1) is 6.92 Å². The van der Waals surface area contributed by atoms with Gasteiger partial charge in [0, 0.05) is 18.0 Å². The molecule has 0 unspecified atom stereocenters. The van der Waals surface area contributed by atoms with Gasteiger partial charge in [0.15, 0.2) is 5.82 Å². The molecule has 1 aliphatic carbocycles. The van der Waals surface area contributed by atoms with E-state index < -0.39 is 0 Å². The van der Waals surface area contributed by atoms with Crippen LogP contribution in [0.3, 0.4) is 0 Å². The van der Waals surface area contributed by atoms with E-state index in [0.717, 1.165) is 35.7 Å². The van der Waals surface area contributed by atoms with Gasteiger partial charge in [0.1, 0.15) is 0 Å². The monoisotopic (exact) mass is 282 g/mol. The smallest absolute Gasteiger partial charge is 0.159 e. The molecule has 4 heteroatoms. The van der Waals surface area contributed by atoms with E-state index in [1.807, 2.05) is 6.20 Å². The van der Waals surface area contributed by atoms with Crippen LogP contribution in [0.2, 0.25) is 0 Å². The molecule has 1 aromatic carbocycles. The molecule has 0 saturated heterocycles. The lowest BCUT2D eigenvalue weighted by Crippen LogP contribution is -2.11. The molecule has 110 valence electrons. The Balaban J connectivity index is 1.86. The first kappa shape index (κ1) is 14.0. The minimum absolute atomic E-state index is 0.595. The molecule has 0 bridgehead atoms. The van der Waals surface area contributed by atoms with Crippen molar-refractivity contribution in [1.82, 2.24) is 9.97 Å². The second-order valence-corrected chi connectivity index (χ2v) is 5.70. The van der Waals surface area contributed by atoms with E-state index in [9.17, 15) is 0 Å². The molecule has 0 amide bonds. The fourth-order valence-corrected chi connectivity index (χ4v) is 2.37. The van der Waals surface area contributed by atoms with Crippen molar-refractivity contribution in [3.63, 3.8) is 0 Å². The van der Waals surface area contributed by atoms with Gasteiger partial charge < -0.3 is 11.1 Å². The minimum atomic E-state index is 0.595. The molecule has 3 N–H and O–H groups in total. The number of aromatic nitrogens is 2. The van der Waals surface area contributed by atoms with Crippen LogP contribution in [0.5, 0.6) is 0 Å². The van der Waals surface area contributed by atoms with Gasteiger partial charge in [0.2, 0.25) is 0 Å². The fraction of sp³-hybridized carbons (Fsp3) is 0.412. The van der Waals surface area contributed by atoms with Crippen molar-refractivity contribution in [1.29, 1.82) is 0 Å². The molecule has 21 heavy (non-hydrogen) atoms. The first-order chi connectivity index (χ1) is 10.3. The molecule has 1 heterocycles. The zero-order valence-corrected chi connectivity index (χ0v) is 12.5. The van der Waals surface area contributed by atoms with E-state index in [-0.39, 0.29) is 0 Å². The SMILES string of the molecule is Cc1ccc(-c2ncc(NCCCN)c(C3CC3)n2)cc1. The Hall–Kier alpha value is -1.94. The van der Waals surface area contributed by atoms with E-state index in [2.05, 4.69) is 41.5 Å². The summed E-state index contributed by atoms with van der Waals surface area (Å²) in [7, 11) is 0. The number of aryl methyl sites for hydroxylation is 1. The van der Waals surface area contributed by atoms with Crippen LogP contribution in [0.25, 0.3) is 11.4 Å². The summed E-state index contributed by atoms with van der Waals surface area (Å²) < 4.78 is 0. The first-order valence-electron chi connectivity index (χ1n) is 7.66. The highest BCUT2D eigenvalue weighted by molar-refractivity contribution is 5.59.